The second kappa shape index (κ2) is 7.08. The van der Waals surface area contributed by atoms with Crippen LogP contribution in [0.1, 0.15) is 18.9 Å². The summed E-state index contributed by atoms with van der Waals surface area (Å²) in [5.74, 6) is 0.559. The fraction of sp³-hybridized carbons (Fsp3) is 0.312. The number of sulfonamides is 1. The average molecular weight is 335 g/mol. The first-order chi connectivity index (χ1) is 10.8. The Bertz CT molecular complexity index is 729. The zero-order valence-corrected chi connectivity index (χ0v) is 14.0. The topological polar surface area (TPSA) is 91.3 Å². The molecule has 0 saturated heterocycles. The van der Waals surface area contributed by atoms with Crippen LogP contribution in [0.3, 0.4) is 0 Å². The lowest BCUT2D eigenvalue weighted by Gasteiger charge is -2.24. The van der Waals surface area contributed by atoms with Crippen molar-refractivity contribution in [3.8, 4) is 0 Å². The SMILES string of the molecule is CNS(=O)(=O)c1ccc(NCCC(C)(O)c2ccccc2)nc1. The highest BCUT2D eigenvalue weighted by Crippen LogP contribution is 2.24. The highest BCUT2D eigenvalue weighted by molar-refractivity contribution is 7.89. The maximum atomic E-state index is 11.6. The van der Waals surface area contributed by atoms with Gasteiger partial charge in [-0.3, -0.25) is 0 Å². The summed E-state index contributed by atoms with van der Waals surface area (Å²) in [6.45, 7) is 2.27. The van der Waals surface area contributed by atoms with Gasteiger partial charge in [-0.2, -0.15) is 0 Å². The quantitative estimate of drug-likeness (QED) is 0.716. The van der Waals surface area contributed by atoms with E-state index in [4.69, 9.17) is 0 Å². The number of benzene rings is 1. The van der Waals surface area contributed by atoms with Crippen LogP contribution in [0, 0.1) is 0 Å². The van der Waals surface area contributed by atoms with E-state index >= 15 is 0 Å². The smallest absolute Gasteiger partial charge is 0.241 e. The second-order valence-corrected chi connectivity index (χ2v) is 7.29. The fourth-order valence-electron chi connectivity index (χ4n) is 2.14. The summed E-state index contributed by atoms with van der Waals surface area (Å²) < 4.78 is 25.5. The molecule has 1 unspecified atom stereocenters. The van der Waals surface area contributed by atoms with Crippen LogP contribution in [0.25, 0.3) is 0 Å². The molecule has 124 valence electrons. The minimum atomic E-state index is -3.48. The second-order valence-electron chi connectivity index (χ2n) is 5.40. The van der Waals surface area contributed by atoms with E-state index in [1.165, 1.54) is 19.3 Å². The first-order valence-electron chi connectivity index (χ1n) is 7.26. The van der Waals surface area contributed by atoms with Crippen molar-refractivity contribution in [3.63, 3.8) is 0 Å². The summed E-state index contributed by atoms with van der Waals surface area (Å²) in [5.41, 5.74) is -0.0887. The third-order valence-corrected chi connectivity index (χ3v) is 5.03. The maximum Gasteiger partial charge on any atom is 0.241 e. The van der Waals surface area contributed by atoms with Gasteiger partial charge in [0.1, 0.15) is 10.7 Å². The van der Waals surface area contributed by atoms with Crippen LogP contribution in [0.4, 0.5) is 5.82 Å². The van der Waals surface area contributed by atoms with E-state index in [1.54, 1.807) is 13.0 Å². The van der Waals surface area contributed by atoms with Crippen molar-refractivity contribution in [3.05, 3.63) is 54.2 Å². The van der Waals surface area contributed by atoms with Gasteiger partial charge in [0, 0.05) is 12.7 Å². The lowest BCUT2D eigenvalue weighted by molar-refractivity contribution is 0.0515. The van der Waals surface area contributed by atoms with Crippen LogP contribution in [0.2, 0.25) is 0 Å². The summed E-state index contributed by atoms with van der Waals surface area (Å²) in [7, 11) is -2.12. The first-order valence-corrected chi connectivity index (χ1v) is 8.75. The van der Waals surface area contributed by atoms with Crippen LogP contribution < -0.4 is 10.0 Å². The number of nitrogens with one attached hydrogen (secondary N) is 2. The van der Waals surface area contributed by atoms with Crippen LogP contribution in [0.5, 0.6) is 0 Å². The summed E-state index contributed by atoms with van der Waals surface area (Å²) in [6, 6.07) is 12.5. The number of hydrogen-bond donors (Lipinski definition) is 3. The minimum Gasteiger partial charge on any atom is -0.385 e. The van der Waals surface area contributed by atoms with Gasteiger partial charge in [0.15, 0.2) is 0 Å². The molecule has 2 rings (SSSR count). The number of aliphatic hydroxyl groups is 1. The van der Waals surface area contributed by atoms with Crippen molar-refractivity contribution < 1.29 is 13.5 Å². The summed E-state index contributed by atoms with van der Waals surface area (Å²) in [4.78, 5) is 4.19. The van der Waals surface area contributed by atoms with Crippen LogP contribution >= 0.6 is 0 Å². The molecule has 1 aromatic heterocycles. The molecule has 0 radical (unpaired) electrons. The van der Waals surface area contributed by atoms with Crippen molar-refractivity contribution >= 4 is 15.8 Å². The van der Waals surface area contributed by atoms with Crippen molar-refractivity contribution in [2.75, 3.05) is 18.9 Å². The first kappa shape index (κ1) is 17.4. The molecule has 0 aliphatic rings. The molecule has 3 N–H and O–H groups in total. The van der Waals surface area contributed by atoms with Gasteiger partial charge in [-0.1, -0.05) is 30.3 Å². The molecule has 1 atom stereocenters. The number of pyridine rings is 1. The molecule has 2 aromatic rings. The zero-order chi connectivity index (χ0) is 16.9. The Morgan fingerprint density at radius 1 is 1.17 bits per heavy atom. The largest absolute Gasteiger partial charge is 0.385 e. The Hall–Kier alpha value is -1.96. The summed E-state index contributed by atoms with van der Waals surface area (Å²) in [5, 5.41) is 13.6. The predicted molar refractivity (Wildman–Crippen MR) is 89.6 cm³/mol. The predicted octanol–water partition coefficient (Wildman–Crippen LogP) is 1.70. The third kappa shape index (κ3) is 4.51. The number of nitrogens with zero attached hydrogens (tertiary/aromatic N) is 1. The highest BCUT2D eigenvalue weighted by atomic mass is 32.2. The molecule has 0 aliphatic carbocycles. The highest BCUT2D eigenvalue weighted by Gasteiger charge is 2.22. The Balaban J connectivity index is 1.94. The Labute approximate surface area is 136 Å². The van der Waals surface area contributed by atoms with E-state index in [1.807, 2.05) is 30.3 Å². The van der Waals surface area contributed by atoms with Crippen LogP contribution in [-0.2, 0) is 15.6 Å². The molecule has 0 amide bonds. The lowest BCUT2D eigenvalue weighted by Crippen LogP contribution is -2.24. The van der Waals surface area contributed by atoms with Gasteiger partial charge in [-0.25, -0.2) is 18.1 Å². The van der Waals surface area contributed by atoms with Gasteiger partial charge >= 0.3 is 0 Å². The third-order valence-electron chi connectivity index (χ3n) is 3.63. The van der Waals surface area contributed by atoms with Crippen LogP contribution in [-0.4, -0.2) is 32.1 Å². The molecule has 1 aromatic carbocycles. The monoisotopic (exact) mass is 335 g/mol. The van der Waals surface area contributed by atoms with Crippen LogP contribution in [0.15, 0.2) is 53.6 Å². The van der Waals surface area contributed by atoms with Gasteiger partial charge in [0.2, 0.25) is 10.0 Å². The summed E-state index contributed by atoms with van der Waals surface area (Å²) in [6.07, 6.45) is 1.79. The van der Waals surface area contributed by atoms with Gasteiger partial charge in [0.05, 0.1) is 5.60 Å². The number of hydrogen-bond acceptors (Lipinski definition) is 5. The molecule has 0 spiro atoms. The summed E-state index contributed by atoms with van der Waals surface area (Å²) >= 11 is 0. The molecule has 23 heavy (non-hydrogen) atoms. The average Bonchev–Trinajstić information content (AvgIpc) is 2.56. The molecule has 0 bridgehead atoms. The molecule has 0 saturated carbocycles. The van der Waals surface area contributed by atoms with E-state index < -0.39 is 15.6 Å². The number of aromatic nitrogens is 1. The van der Waals surface area contributed by atoms with E-state index in [2.05, 4.69) is 15.0 Å². The normalized spacial score (nSPS) is 14.2. The maximum absolute atomic E-state index is 11.6. The number of rotatable bonds is 7. The molecular formula is C16H21N3O3S. The van der Waals surface area contributed by atoms with Gasteiger partial charge in [-0.15, -0.1) is 0 Å². The van der Waals surface area contributed by atoms with E-state index in [9.17, 15) is 13.5 Å². The molecule has 6 nitrogen and oxygen atoms in total. The minimum absolute atomic E-state index is 0.113. The van der Waals surface area contributed by atoms with Gasteiger partial charge in [-0.05, 0) is 38.1 Å². The molecule has 7 heteroatoms. The Morgan fingerprint density at radius 2 is 1.87 bits per heavy atom. The number of anilines is 1. The molecule has 0 aliphatic heterocycles. The van der Waals surface area contributed by atoms with Crippen molar-refractivity contribution in [2.45, 2.75) is 23.8 Å². The standard InChI is InChI=1S/C16H21N3O3S/c1-16(20,13-6-4-3-5-7-13)10-11-18-15-9-8-14(12-19-15)23(21,22)17-2/h3-9,12,17,20H,10-11H2,1-2H3,(H,18,19). The Kier molecular flexibility index (Phi) is 5.35. The van der Waals surface area contributed by atoms with Crippen molar-refractivity contribution in [2.24, 2.45) is 0 Å². The molecule has 1 heterocycles. The van der Waals surface area contributed by atoms with Gasteiger partial charge in [0.25, 0.3) is 0 Å². The molecular weight excluding hydrogens is 314 g/mol. The van der Waals surface area contributed by atoms with Crippen molar-refractivity contribution in [1.82, 2.24) is 9.71 Å². The van der Waals surface area contributed by atoms with E-state index in [-0.39, 0.29) is 4.90 Å². The van der Waals surface area contributed by atoms with E-state index in [0.29, 0.717) is 18.8 Å². The fourth-order valence-corrected chi connectivity index (χ4v) is 2.81. The molecule has 0 fully saturated rings. The van der Waals surface area contributed by atoms with Crippen molar-refractivity contribution in [1.29, 1.82) is 0 Å². The Morgan fingerprint density at radius 3 is 2.43 bits per heavy atom. The van der Waals surface area contributed by atoms with E-state index in [0.717, 1.165) is 5.56 Å². The lowest BCUT2D eigenvalue weighted by atomic mass is 9.93. The zero-order valence-electron chi connectivity index (χ0n) is 13.2. The van der Waals surface area contributed by atoms with Gasteiger partial charge < -0.3 is 10.4 Å².